The first kappa shape index (κ1) is 19.6. The summed E-state index contributed by atoms with van der Waals surface area (Å²) in [6.45, 7) is 8.53. The second kappa shape index (κ2) is 9.13. The van der Waals surface area contributed by atoms with Crippen LogP contribution in [-0.2, 0) is 0 Å². The normalized spacial score (nSPS) is 11.1. The zero-order valence-electron chi connectivity index (χ0n) is 14.4. The second-order valence-electron chi connectivity index (χ2n) is 5.32. The molecule has 0 saturated heterocycles. The Labute approximate surface area is 155 Å². The Morgan fingerprint density at radius 1 is 1.35 bits per heavy atom. The third-order valence-corrected chi connectivity index (χ3v) is 4.03. The fourth-order valence-electron chi connectivity index (χ4n) is 2.23. The molecule has 0 aliphatic rings. The first-order valence-electron chi connectivity index (χ1n) is 7.73. The number of aryl methyl sites for hydroxylation is 1. The zero-order valence-corrected chi connectivity index (χ0v) is 15.2. The van der Waals surface area contributed by atoms with E-state index in [0.717, 1.165) is 17.3 Å². The molecule has 26 heavy (non-hydrogen) atoms. The van der Waals surface area contributed by atoms with Gasteiger partial charge in [-0.15, -0.1) is 11.8 Å². The fourth-order valence-corrected chi connectivity index (χ4v) is 2.58. The van der Waals surface area contributed by atoms with Gasteiger partial charge in [0.25, 0.3) is 0 Å². The maximum atomic E-state index is 14.9. The van der Waals surface area contributed by atoms with Gasteiger partial charge < -0.3 is 9.84 Å². The lowest BCUT2D eigenvalue weighted by molar-refractivity contribution is 0.196. The Hall–Kier alpha value is -2.69. The number of halogens is 1. The highest BCUT2D eigenvalue weighted by Crippen LogP contribution is 2.27. The predicted molar refractivity (Wildman–Crippen MR) is 104 cm³/mol. The Morgan fingerprint density at radius 2 is 2.04 bits per heavy atom. The van der Waals surface area contributed by atoms with E-state index in [1.807, 2.05) is 0 Å². The van der Waals surface area contributed by atoms with Crippen LogP contribution in [0.5, 0.6) is 5.75 Å². The number of ether oxygens (including phenoxy) is 1. The Bertz CT molecular complexity index is 874. The van der Waals surface area contributed by atoms with Gasteiger partial charge in [0.1, 0.15) is 17.4 Å². The molecule has 0 amide bonds. The van der Waals surface area contributed by atoms with Crippen molar-refractivity contribution in [2.45, 2.75) is 6.92 Å². The van der Waals surface area contributed by atoms with Gasteiger partial charge in [-0.2, -0.15) is 0 Å². The van der Waals surface area contributed by atoms with E-state index in [2.05, 4.69) is 9.84 Å². The first-order chi connectivity index (χ1) is 12.5. The van der Waals surface area contributed by atoms with Crippen molar-refractivity contribution in [1.29, 1.82) is 5.41 Å². The van der Waals surface area contributed by atoms with Crippen molar-refractivity contribution >= 4 is 33.9 Å². The summed E-state index contributed by atoms with van der Waals surface area (Å²) in [6.07, 6.45) is 1.72. The van der Waals surface area contributed by atoms with Crippen LogP contribution in [-0.4, -0.2) is 35.3 Å². The van der Waals surface area contributed by atoms with Crippen LogP contribution in [0.1, 0.15) is 11.1 Å². The molecule has 0 fully saturated rings. The number of aliphatic imine (C=N–C) groups is 1. The van der Waals surface area contributed by atoms with E-state index >= 15 is 0 Å². The third-order valence-electron chi connectivity index (χ3n) is 3.43. The van der Waals surface area contributed by atoms with Crippen molar-refractivity contribution in [3.63, 3.8) is 0 Å². The van der Waals surface area contributed by atoms with Crippen LogP contribution in [0.15, 0.2) is 41.4 Å². The molecule has 2 aromatic rings. The first-order valence-corrected chi connectivity index (χ1v) is 8.96. The van der Waals surface area contributed by atoms with Crippen LogP contribution in [0.2, 0.25) is 0 Å². The van der Waals surface area contributed by atoms with Gasteiger partial charge >= 0.3 is 0 Å². The smallest absolute Gasteiger partial charge is 0.187 e. The van der Waals surface area contributed by atoms with Crippen LogP contribution in [0.4, 0.5) is 15.8 Å². The van der Waals surface area contributed by atoms with Crippen molar-refractivity contribution in [3.05, 3.63) is 64.8 Å². The molecular formula is C19H18FN3O2S. The van der Waals surface area contributed by atoms with Crippen molar-refractivity contribution in [1.82, 2.24) is 0 Å². The van der Waals surface area contributed by atoms with Crippen LogP contribution >= 0.6 is 11.8 Å². The lowest BCUT2D eigenvalue weighted by Gasteiger charge is -2.13. The van der Waals surface area contributed by atoms with Crippen LogP contribution in [0, 0.1) is 24.7 Å². The summed E-state index contributed by atoms with van der Waals surface area (Å²) in [5, 5.41) is 17.2. The molecule has 0 heterocycles. The van der Waals surface area contributed by atoms with Gasteiger partial charge in [0.15, 0.2) is 17.3 Å². The minimum Gasteiger partial charge on any atom is -0.488 e. The number of rotatable bonds is 6. The molecular weight excluding hydrogens is 353 g/mol. The van der Waals surface area contributed by atoms with E-state index in [4.69, 9.17) is 21.8 Å². The lowest BCUT2D eigenvalue weighted by atomic mass is 10.1. The molecule has 0 saturated carbocycles. The van der Waals surface area contributed by atoms with Gasteiger partial charge in [-0.25, -0.2) is 14.2 Å². The maximum absolute atomic E-state index is 14.9. The average Bonchev–Trinajstić information content (AvgIpc) is 2.66. The average molecular weight is 371 g/mol. The monoisotopic (exact) mass is 371 g/mol. The maximum Gasteiger partial charge on any atom is 0.187 e. The second-order valence-corrected chi connectivity index (χ2v) is 6.14. The summed E-state index contributed by atoms with van der Waals surface area (Å²) < 4.78 is 20.2. The molecule has 5 nitrogen and oxygen atoms in total. The zero-order chi connectivity index (χ0) is 19.1. The summed E-state index contributed by atoms with van der Waals surface area (Å²) in [4.78, 5) is 7.75. The molecule has 2 rings (SSSR count). The third kappa shape index (κ3) is 4.69. The van der Waals surface area contributed by atoms with Gasteiger partial charge in [0, 0.05) is 5.56 Å². The summed E-state index contributed by atoms with van der Waals surface area (Å²) in [6, 6.07) is 9.69. The molecule has 0 aromatic heterocycles. The quantitative estimate of drug-likeness (QED) is 0.446. The number of aliphatic hydroxyl groups is 1. The number of hydrogen-bond acceptors (Lipinski definition) is 5. The highest BCUT2D eigenvalue weighted by Gasteiger charge is 2.19. The van der Waals surface area contributed by atoms with E-state index in [-0.39, 0.29) is 35.3 Å². The summed E-state index contributed by atoms with van der Waals surface area (Å²) >= 11 is 1.15. The molecule has 134 valence electrons. The van der Waals surface area contributed by atoms with E-state index in [1.54, 1.807) is 49.6 Å². The van der Waals surface area contributed by atoms with Gasteiger partial charge in [0.05, 0.1) is 18.9 Å². The number of aliphatic hydroxyl groups excluding tert-OH is 1. The van der Waals surface area contributed by atoms with Gasteiger partial charge in [0.2, 0.25) is 0 Å². The molecule has 0 aliphatic heterocycles. The Balaban J connectivity index is 2.56. The highest BCUT2D eigenvalue weighted by molar-refractivity contribution is 8.15. The molecule has 0 bridgehead atoms. The summed E-state index contributed by atoms with van der Waals surface area (Å²) in [5.74, 6) is -0.613. The van der Waals surface area contributed by atoms with E-state index in [0.29, 0.717) is 11.4 Å². The predicted octanol–water partition coefficient (Wildman–Crippen LogP) is 4.52. The molecule has 2 N–H and O–H groups in total. The number of hydrogen-bond donors (Lipinski definition) is 2. The summed E-state index contributed by atoms with van der Waals surface area (Å²) in [7, 11) is 0. The van der Waals surface area contributed by atoms with Gasteiger partial charge in [-0.05, 0) is 43.0 Å². The molecule has 0 radical (unpaired) electrons. The number of nitrogens with zero attached hydrogens (tertiary/aromatic N) is 2. The number of thioether (sulfide) groups is 1. The molecule has 0 atom stereocenters. The minimum atomic E-state index is -0.626. The van der Waals surface area contributed by atoms with Gasteiger partial charge in [-0.1, -0.05) is 12.1 Å². The van der Waals surface area contributed by atoms with Crippen molar-refractivity contribution in [3.8, 4) is 5.75 Å². The number of benzene rings is 2. The van der Waals surface area contributed by atoms with Crippen LogP contribution < -0.4 is 4.74 Å². The van der Waals surface area contributed by atoms with Crippen molar-refractivity contribution < 1.29 is 14.2 Å². The van der Waals surface area contributed by atoms with Crippen LogP contribution in [0.3, 0.4) is 0 Å². The van der Waals surface area contributed by atoms with E-state index in [1.165, 1.54) is 0 Å². The van der Waals surface area contributed by atoms with Gasteiger partial charge in [-0.3, -0.25) is 5.41 Å². The lowest BCUT2D eigenvalue weighted by Crippen LogP contribution is -2.14. The Kier molecular flexibility index (Phi) is 6.89. The Morgan fingerprint density at radius 3 is 2.62 bits per heavy atom. The van der Waals surface area contributed by atoms with E-state index in [9.17, 15) is 4.39 Å². The number of nitrogens with one attached hydrogen (secondary N) is 1. The topological polar surface area (TPSA) is 70.0 Å². The fraction of sp³-hybridized carbons (Fsp3) is 0.211. The molecule has 2 aromatic carbocycles. The molecule has 7 heteroatoms. The minimum absolute atomic E-state index is 0.0130. The van der Waals surface area contributed by atoms with Crippen molar-refractivity contribution in [2.24, 2.45) is 4.99 Å². The SMILES string of the molecule is [C-]#[N+]c1ccc(N=C(C(=N)SC)c2cc(C)cc(OCCO)c2F)cc1. The molecule has 0 spiro atoms. The van der Waals surface area contributed by atoms with Crippen molar-refractivity contribution in [2.75, 3.05) is 19.5 Å². The molecule has 0 unspecified atom stereocenters. The standard InChI is InChI=1S/C19H18FN3O2S/c1-12-10-15(17(20)16(11-12)25-9-8-24)18(19(21)26-3)23-14-6-4-13(22-2)5-7-14/h4-7,10-11,21,24H,8-9H2,1,3H3. The molecule has 0 aliphatic carbocycles. The largest absolute Gasteiger partial charge is 0.488 e. The highest BCUT2D eigenvalue weighted by atomic mass is 32.2. The van der Waals surface area contributed by atoms with Crippen LogP contribution in [0.25, 0.3) is 4.85 Å². The summed E-state index contributed by atoms with van der Waals surface area (Å²) in [5.41, 5.74) is 2.09. The van der Waals surface area contributed by atoms with E-state index < -0.39 is 5.82 Å².